The van der Waals surface area contributed by atoms with Gasteiger partial charge in [0.25, 0.3) is 0 Å². The monoisotopic (exact) mass is 562 g/mol. The minimum absolute atomic E-state index is 0. The summed E-state index contributed by atoms with van der Waals surface area (Å²) in [4.78, 5) is 4.57. The van der Waals surface area contributed by atoms with Crippen LogP contribution in [0, 0.1) is 5.92 Å². The Balaban J connectivity index is 0.00000450. The molecule has 0 radical (unpaired) electrons. The fraction of sp³-hybridized carbons (Fsp3) is 0.632. The molecule has 1 saturated heterocycles. The Morgan fingerprint density at radius 1 is 1.30 bits per heavy atom. The highest BCUT2D eigenvalue weighted by atomic mass is 127. The molecule has 0 spiro atoms. The van der Waals surface area contributed by atoms with Gasteiger partial charge >= 0.3 is 6.18 Å². The van der Waals surface area contributed by atoms with E-state index in [1.165, 1.54) is 16.6 Å². The SMILES string of the molecule is CCNC(=NCC1CCN(S(C)(=O)=O)CC1)NC(C)c1cccc(C(F)(F)F)c1.I. The van der Waals surface area contributed by atoms with Crippen LogP contribution in [0.25, 0.3) is 0 Å². The summed E-state index contributed by atoms with van der Waals surface area (Å²) in [6.45, 7) is 5.83. The quantitative estimate of drug-likeness (QED) is 0.316. The van der Waals surface area contributed by atoms with E-state index in [0.717, 1.165) is 25.0 Å². The van der Waals surface area contributed by atoms with Gasteiger partial charge in [-0.05, 0) is 50.3 Å². The Kier molecular flexibility index (Phi) is 10.3. The largest absolute Gasteiger partial charge is 0.416 e. The first-order valence-electron chi connectivity index (χ1n) is 9.67. The number of hydrogen-bond acceptors (Lipinski definition) is 3. The summed E-state index contributed by atoms with van der Waals surface area (Å²) in [7, 11) is -3.16. The molecule has 30 heavy (non-hydrogen) atoms. The Hall–Kier alpha value is -1.08. The average molecular weight is 562 g/mol. The molecule has 2 N–H and O–H groups in total. The first-order valence-corrected chi connectivity index (χ1v) is 11.5. The van der Waals surface area contributed by atoms with Crippen molar-refractivity contribution in [1.29, 1.82) is 0 Å². The van der Waals surface area contributed by atoms with E-state index < -0.39 is 21.8 Å². The number of halogens is 4. The fourth-order valence-electron chi connectivity index (χ4n) is 3.24. The van der Waals surface area contributed by atoms with E-state index in [2.05, 4.69) is 15.6 Å². The maximum atomic E-state index is 12.9. The number of guanidine groups is 1. The van der Waals surface area contributed by atoms with Gasteiger partial charge < -0.3 is 10.6 Å². The minimum atomic E-state index is -4.38. The van der Waals surface area contributed by atoms with E-state index in [4.69, 9.17) is 0 Å². The highest BCUT2D eigenvalue weighted by molar-refractivity contribution is 14.0. The van der Waals surface area contributed by atoms with Crippen molar-refractivity contribution in [3.8, 4) is 0 Å². The molecule has 1 aliphatic rings. The summed E-state index contributed by atoms with van der Waals surface area (Å²) < 4.78 is 63.5. The summed E-state index contributed by atoms with van der Waals surface area (Å²) >= 11 is 0. The van der Waals surface area contributed by atoms with E-state index in [0.29, 0.717) is 37.7 Å². The molecule has 1 aliphatic heterocycles. The van der Waals surface area contributed by atoms with Crippen LogP contribution in [0.15, 0.2) is 29.3 Å². The molecule has 1 unspecified atom stereocenters. The van der Waals surface area contributed by atoms with E-state index in [-0.39, 0.29) is 35.9 Å². The molecule has 1 fully saturated rings. The number of sulfonamides is 1. The molecule has 0 saturated carbocycles. The fourth-order valence-corrected chi connectivity index (χ4v) is 4.11. The van der Waals surface area contributed by atoms with Crippen LogP contribution < -0.4 is 10.6 Å². The summed E-state index contributed by atoms with van der Waals surface area (Å²) in [6, 6.07) is 4.88. The molecule has 0 aliphatic carbocycles. The van der Waals surface area contributed by atoms with Crippen LogP contribution in [-0.4, -0.2) is 51.1 Å². The molecule has 6 nitrogen and oxygen atoms in total. The Morgan fingerprint density at radius 2 is 1.93 bits per heavy atom. The van der Waals surface area contributed by atoms with Crippen molar-refractivity contribution in [2.24, 2.45) is 10.9 Å². The Labute approximate surface area is 193 Å². The van der Waals surface area contributed by atoms with Crippen molar-refractivity contribution in [1.82, 2.24) is 14.9 Å². The highest BCUT2D eigenvalue weighted by Gasteiger charge is 2.30. The van der Waals surface area contributed by atoms with Crippen molar-refractivity contribution in [2.75, 3.05) is 32.4 Å². The Morgan fingerprint density at radius 3 is 2.47 bits per heavy atom. The van der Waals surface area contributed by atoms with E-state index >= 15 is 0 Å². The summed E-state index contributed by atoms with van der Waals surface area (Å²) in [5.74, 6) is 0.801. The van der Waals surface area contributed by atoms with Crippen molar-refractivity contribution in [3.63, 3.8) is 0 Å². The predicted molar refractivity (Wildman–Crippen MR) is 124 cm³/mol. The standard InChI is InChI=1S/C19H29F3N4O2S.HI/c1-4-23-18(24-13-15-8-10-26(11-9-15)29(3,27)28)25-14(2)16-6-5-7-17(12-16)19(20,21)22;/h5-7,12,14-15H,4,8-11,13H2,1-3H3,(H2,23,24,25);1H. The first-order chi connectivity index (χ1) is 13.5. The first kappa shape index (κ1) is 27.0. The molecule has 1 heterocycles. The second-order valence-corrected chi connectivity index (χ2v) is 9.30. The van der Waals surface area contributed by atoms with Gasteiger partial charge in [-0.1, -0.05) is 12.1 Å². The molecule has 0 amide bonds. The minimum Gasteiger partial charge on any atom is -0.357 e. The molecule has 1 atom stereocenters. The van der Waals surface area contributed by atoms with Gasteiger partial charge in [-0.2, -0.15) is 13.2 Å². The zero-order chi connectivity index (χ0) is 21.7. The lowest BCUT2D eigenvalue weighted by molar-refractivity contribution is -0.137. The van der Waals surface area contributed by atoms with Crippen LogP contribution in [0.4, 0.5) is 13.2 Å². The average Bonchev–Trinajstić information content (AvgIpc) is 2.65. The second kappa shape index (κ2) is 11.5. The Bertz CT molecular complexity index is 810. The lowest BCUT2D eigenvalue weighted by Crippen LogP contribution is -2.40. The van der Waals surface area contributed by atoms with E-state index in [1.54, 1.807) is 13.0 Å². The number of aliphatic imine (C=N–C) groups is 1. The number of nitrogens with one attached hydrogen (secondary N) is 2. The summed E-state index contributed by atoms with van der Waals surface area (Å²) in [6.07, 6.45) is -1.69. The van der Waals surface area contributed by atoms with Gasteiger partial charge in [0.2, 0.25) is 10.0 Å². The van der Waals surface area contributed by atoms with Crippen molar-refractivity contribution in [2.45, 2.75) is 38.9 Å². The number of alkyl halides is 3. The maximum Gasteiger partial charge on any atom is 0.416 e. The normalized spacial score (nSPS) is 17.9. The smallest absolute Gasteiger partial charge is 0.357 e. The predicted octanol–water partition coefficient (Wildman–Crippen LogP) is 3.61. The molecular formula is C19H30F3IN4O2S. The molecule has 0 bridgehead atoms. The number of nitrogens with zero attached hydrogens (tertiary/aromatic N) is 2. The number of piperidine rings is 1. The third kappa shape index (κ3) is 8.22. The molecule has 1 aromatic rings. The third-order valence-electron chi connectivity index (χ3n) is 4.96. The van der Waals surface area contributed by atoms with E-state index in [9.17, 15) is 21.6 Å². The zero-order valence-corrected chi connectivity index (χ0v) is 20.5. The van der Waals surface area contributed by atoms with Crippen molar-refractivity contribution in [3.05, 3.63) is 35.4 Å². The highest BCUT2D eigenvalue weighted by Crippen LogP contribution is 2.30. The van der Waals surface area contributed by atoms with Gasteiger partial charge in [0.15, 0.2) is 5.96 Å². The van der Waals surface area contributed by atoms with Gasteiger partial charge in [0, 0.05) is 26.2 Å². The van der Waals surface area contributed by atoms with Gasteiger partial charge in [0.05, 0.1) is 17.9 Å². The van der Waals surface area contributed by atoms with Gasteiger partial charge in [-0.15, -0.1) is 24.0 Å². The van der Waals surface area contributed by atoms with Crippen LogP contribution in [0.1, 0.15) is 43.9 Å². The van der Waals surface area contributed by atoms with Crippen LogP contribution in [0.2, 0.25) is 0 Å². The van der Waals surface area contributed by atoms with Crippen LogP contribution in [-0.2, 0) is 16.2 Å². The lowest BCUT2D eigenvalue weighted by atomic mass is 9.98. The van der Waals surface area contributed by atoms with Gasteiger partial charge in [0.1, 0.15) is 0 Å². The maximum absolute atomic E-state index is 12.9. The lowest BCUT2D eigenvalue weighted by Gasteiger charge is -2.29. The molecule has 172 valence electrons. The number of hydrogen-bond donors (Lipinski definition) is 2. The van der Waals surface area contributed by atoms with Crippen LogP contribution >= 0.6 is 24.0 Å². The summed E-state index contributed by atoms with van der Waals surface area (Å²) in [5.41, 5.74) is -0.157. The van der Waals surface area contributed by atoms with Gasteiger partial charge in [-0.25, -0.2) is 12.7 Å². The summed E-state index contributed by atoms with van der Waals surface area (Å²) in [5, 5.41) is 6.26. The van der Waals surface area contributed by atoms with E-state index in [1.807, 2.05) is 6.92 Å². The number of rotatable bonds is 6. The molecular weight excluding hydrogens is 532 g/mol. The van der Waals surface area contributed by atoms with Crippen LogP contribution in [0.5, 0.6) is 0 Å². The molecule has 1 aromatic carbocycles. The van der Waals surface area contributed by atoms with Crippen LogP contribution in [0.3, 0.4) is 0 Å². The number of benzene rings is 1. The van der Waals surface area contributed by atoms with Crippen molar-refractivity contribution >= 4 is 40.0 Å². The third-order valence-corrected chi connectivity index (χ3v) is 6.26. The van der Waals surface area contributed by atoms with Crippen molar-refractivity contribution < 1.29 is 21.6 Å². The topological polar surface area (TPSA) is 73.8 Å². The molecule has 0 aromatic heterocycles. The molecule has 2 rings (SSSR count). The molecule has 11 heteroatoms. The zero-order valence-electron chi connectivity index (χ0n) is 17.4. The van der Waals surface area contributed by atoms with Gasteiger partial charge in [-0.3, -0.25) is 4.99 Å². The second-order valence-electron chi connectivity index (χ2n) is 7.31.